The third-order valence-corrected chi connectivity index (χ3v) is 5.06. The van der Waals surface area contributed by atoms with E-state index in [0.717, 1.165) is 5.56 Å². The van der Waals surface area contributed by atoms with Gasteiger partial charge in [-0.05, 0) is 23.6 Å². The van der Waals surface area contributed by atoms with E-state index in [9.17, 15) is 14.0 Å². The maximum atomic E-state index is 13.2. The summed E-state index contributed by atoms with van der Waals surface area (Å²) < 4.78 is 14.9. The minimum Gasteiger partial charge on any atom is -0.333 e. The molecule has 1 aromatic carbocycles. The third kappa shape index (κ3) is 4.18. The largest absolute Gasteiger partial charge is 0.333 e. The van der Waals surface area contributed by atoms with Crippen molar-refractivity contribution in [1.82, 2.24) is 19.4 Å². The van der Waals surface area contributed by atoms with Crippen molar-refractivity contribution in [3.05, 3.63) is 53.9 Å². The second-order valence-corrected chi connectivity index (χ2v) is 7.32. The molecule has 144 valence electrons. The van der Waals surface area contributed by atoms with Crippen molar-refractivity contribution < 1.29 is 14.0 Å². The van der Waals surface area contributed by atoms with Crippen molar-refractivity contribution in [1.29, 1.82) is 0 Å². The van der Waals surface area contributed by atoms with Crippen molar-refractivity contribution >= 4 is 11.8 Å². The summed E-state index contributed by atoms with van der Waals surface area (Å²) >= 11 is 0. The zero-order valence-corrected chi connectivity index (χ0v) is 15.9. The first-order chi connectivity index (χ1) is 12.9. The third-order valence-electron chi connectivity index (χ3n) is 5.06. The minimum atomic E-state index is -0.298. The SMILES string of the molecule is CC(C)[C@@H]1CN(C(=O)c2nccn2C)CCC(=O)N1Cc1ccc(F)cc1. The molecule has 1 atom stereocenters. The van der Waals surface area contributed by atoms with Gasteiger partial charge in [-0.25, -0.2) is 9.37 Å². The van der Waals surface area contributed by atoms with E-state index in [1.165, 1.54) is 12.1 Å². The topological polar surface area (TPSA) is 58.4 Å². The van der Waals surface area contributed by atoms with Gasteiger partial charge in [0.15, 0.2) is 5.82 Å². The van der Waals surface area contributed by atoms with Crippen LogP contribution in [0.4, 0.5) is 4.39 Å². The molecule has 0 saturated carbocycles. The predicted octanol–water partition coefficient (Wildman–Crippen LogP) is 2.46. The second kappa shape index (κ2) is 7.90. The molecular formula is C20H25FN4O2. The molecule has 2 amide bonds. The molecule has 1 aromatic heterocycles. The van der Waals surface area contributed by atoms with Gasteiger partial charge in [0.05, 0.1) is 6.04 Å². The lowest BCUT2D eigenvalue weighted by atomic mass is 10.0. The second-order valence-electron chi connectivity index (χ2n) is 7.32. The van der Waals surface area contributed by atoms with Crippen LogP contribution in [0.5, 0.6) is 0 Å². The Labute approximate surface area is 158 Å². The van der Waals surface area contributed by atoms with Gasteiger partial charge >= 0.3 is 0 Å². The predicted molar refractivity (Wildman–Crippen MR) is 99.3 cm³/mol. The Balaban J connectivity index is 1.83. The minimum absolute atomic E-state index is 0.00756. The number of carbonyl (C=O) groups excluding carboxylic acids is 2. The molecule has 6 nitrogen and oxygen atoms in total. The van der Waals surface area contributed by atoms with Crippen molar-refractivity contribution in [3.8, 4) is 0 Å². The van der Waals surface area contributed by atoms with Crippen LogP contribution in [0.1, 0.15) is 36.5 Å². The van der Waals surface area contributed by atoms with Gasteiger partial charge in [-0.1, -0.05) is 26.0 Å². The number of rotatable bonds is 4. The molecule has 0 radical (unpaired) electrons. The van der Waals surface area contributed by atoms with Crippen molar-refractivity contribution in [2.75, 3.05) is 13.1 Å². The van der Waals surface area contributed by atoms with Gasteiger partial charge in [0.1, 0.15) is 5.82 Å². The average Bonchev–Trinajstić information content (AvgIpc) is 2.99. The fourth-order valence-electron chi connectivity index (χ4n) is 3.44. The zero-order valence-electron chi connectivity index (χ0n) is 15.9. The van der Waals surface area contributed by atoms with Crippen LogP contribution < -0.4 is 0 Å². The smallest absolute Gasteiger partial charge is 0.289 e. The number of carbonyl (C=O) groups is 2. The molecule has 2 aromatic rings. The monoisotopic (exact) mass is 372 g/mol. The molecule has 1 aliphatic heterocycles. The summed E-state index contributed by atoms with van der Waals surface area (Å²) in [5.74, 6) is 0.0899. The van der Waals surface area contributed by atoms with Crippen LogP contribution >= 0.6 is 0 Å². The number of hydrogen-bond acceptors (Lipinski definition) is 3. The molecule has 2 heterocycles. The first kappa shape index (κ1) is 19.1. The van der Waals surface area contributed by atoms with E-state index in [0.29, 0.717) is 25.5 Å². The Morgan fingerprint density at radius 3 is 2.59 bits per heavy atom. The summed E-state index contributed by atoms with van der Waals surface area (Å²) in [6.45, 7) is 5.32. The zero-order chi connectivity index (χ0) is 19.6. The summed E-state index contributed by atoms with van der Waals surface area (Å²) in [5, 5.41) is 0. The van der Waals surface area contributed by atoms with E-state index in [1.807, 2.05) is 18.7 Å². The molecule has 7 heteroatoms. The van der Waals surface area contributed by atoms with Gasteiger partial charge in [-0.3, -0.25) is 9.59 Å². The van der Waals surface area contributed by atoms with Crippen LogP contribution in [0.3, 0.4) is 0 Å². The lowest BCUT2D eigenvalue weighted by Gasteiger charge is -2.34. The van der Waals surface area contributed by atoms with Crippen LogP contribution in [0.25, 0.3) is 0 Å². The molecule has 0 bridgehead atoms. The van der Waals surface area contributed by atoms with Gasteiger partial charge in [0.25, 0.3) is 5.91 Å². The Morgan fingerprint density at radius 1 is 1.30 bits per heavy atom. The van der Waals surface area contributed by atoms with Gasteiger partial charge in [-0.2, -0.15) is 0 Å². The summed E-state index contributed by atoms with van der Waals surface area (Å²) in [4.78, 5) is 33.4. The van der Waals surface area contributed by atoms with Gasteiger partial charge < -0.3 is 14.4 Å². The Kier molecular flexibility index (Phi) is 5.58. The van der Waals surface area contributed by atoms with Gasteiger partial charge in [0, 0.05) is 45.5 Å². The van der Waals surface area contributed by atoms with Crippen molar-refractivity contribution in [2.45, 2.75) is 32.9 Å². The highest BCUT2D eigenvalue weighted by Gasteiger charge is 2.34. The molecule has 27 heavy (non-hydrogen) atoms. The van der Waals surface area contributed by atoms with Crippen molar-refractivity contribution in [2.24, 2.45) is 13.0 Å². The molecule has 1 saturated heterocycles. The van der Waals surface area contributed by atoms with E-state index in [2.05, 4.69) is 4.98 Å². The van der Waals surface area contributed by atoms with Gasteiger partial charge in [0.2, 0.25) is 5.91 Å². The Morgan fingerprint density at radius 2 is 2.00 bits per heavy atom. The molecule has 0 spiro atoms. The molecule has 0 aliphatic carbocycles. The average molecular weight is 372 g/mol. The van der Waals surface area contributed by atoms with Crippen LogP contribution in [-0.2, 0) is 18.4 Å². The van der Waals surface area contributed by atoms with E-state index in [4.69, 9.17) is 0 Å². The highest BCUT2D eigenvalue weighted by Crippen LogP contribution is 2.22. The van der Waals surface area contributed by atoms with E-state index >= 15 is 0 Å². The molecule has 0 N–H and O–H groups in total. The number of aromatic nitrogens is 2. The van der Waals surface area contributed by atoms with Crippen LogP contribution in [0, 0.1) is 11.7 Å². The first-order valence-electron chi connectivity index (χ1n) is 9.17. The number of amides is 2. The number of benzene rings is 1. The molecule has 0 unspecified atom stereocenters. The Bertz CT molecular complexity index is 816. The summed E-state index contributed by atoms with van der Waals surface area (Å²) in [5.41, 5.74) is 0.874. The number of imidazole rings is 1. The van der Waals surface area contributed by atoms with Crippen molar-refractivity contribution in [3.63, 3.8) is 0 Å². The quantitative estimate of drug-likeness (QED) is 0.828. The van der Waals surface area contributed by atoms with E-state index in [1.54, 1.807) is 41.0 Å². The summed E-state index contributed by atoms with van der Waals surface area (Å²) in [6, 6.07) is 6.08. The summed E-state index contributed by atoms with van der Waals surface area (Å²) in [6.07, 6.45) is 3.59. The number of halogens is 1. The fourth-order valence-corrected chi connectivity index (χ4v) is 3.44. The standard InChI is InChI=1S/C20H25FN4O2/c1-14(2)17-13-24(20(27)19-22-9-11-23(19)3)10-8-18(26)25(17)12-15-4-6-16(21)7-5-15/h4-7,9,11,14,17H,8,10,12-13H2,1-3H3/t17-/m0/s1. The van der Waals surface area contributed by atoms with E-state index < -0.39 is 0 Å². The normalized spacial score (nSPS) is 18.1. The maximum absolute atomic E-state index is 13.2. The lowest BCUT2D eigenvalue weighted by molar-refractivity contribution is -0.134. The van der Waals surface area contributed by atoms with Crippen LogP contribution in [-0.4, -0.2) is 50.3 Å². The van der Waals surface area contributed by atoms with E-state index in [-0.39, 0.29) is 36.0 Å². The first-order valence-corrected chi connectivity index (χ1v) is 9.17. The molecule has 1 fully saturated rings. The Hall–Kier alpha value is -2.70. The van der Waals surface area contributed by atoms with Gasteiger partial charge in [-0.15, -0.1) is 0 Å². The molecule has 3 rings (SSSR count). The maximum Gasteiger partial charge on any atom is 0.289 e. The lowest BCUT2D eigenvalue weighted by Crippen LogP contribution is -2.47. The highest BCUT2D eigenvalue weighted by molar-refractivity contribution is 5.91. The van der Waals surface area contributed by atoms with Crippen LogP contribution in [0.2, 0.25) is 0 Å². The number of hydrogen-bond donors (Lipinski definition) is 0. The highest BCUT2D eigenvalue weighted by atomic mass is 19.1. The number of nitrogens with zero attached hydrogens (tertiary/aromatic N) is 4. The molecule has 1 aliphatic rings. The van der Waals surface area contributed by atoms with Crippen LogP contribution in [0.15, 0.2) is 36.7 Å². The fraction of sp³-hybridized carbons (Fsp3) is 0.450. The molecular weight excluding hydrogens is 347 g/mol. The summed E-state index contributed by atoms with van der Waals surface area (Å²) in [7, 11) is 1.78. The number of aryl methyl sites for hydroxylation is 1.